The van der Waals surface area contributed by atoms with E-state index in [-0.39, 0.29) is 6.54 Å². The van der Waals surface area contributed by atoms with Crippen molar-refractivity contribution >= 4 is 12.2 Å². The van der Waals surface area contributed by atoms with Crippen LogP contribution in [0.3, 0.4) is 0 Å². The van der Waals surface area contributed by atoms with E-state index >= 15 is 0 Å². The maximum absolute atomic E-state index is 12.5. The molecule has 0 aromatic carbocycles. The highest BCUT2D eigenvalue weighted by molar-refractivity contribution is 5.91. The second-order valence-corrected chi connectivity index (χ2v) is 4.91. The van der Waals surface area contributed by atoms with Crippen LogP contribution in [0.2, 0.25) is 0 Å². The Labute approximate surface area is 119 Å². The Hall–Kier alpha value is -1.96. The van der Waals surface area contributed by atoms with Crippen LogP contribution in [-0.4, -0.2) is 42.7 Å². The number of carbonyl (C=O) groups is 2. The van der Waals surface area contributed by atoms with E-state index in [1.165, 1.54) is 6.07 Å². The van der Waals surface area contributed by atoms with Crippen LogP contribution in [0.25, 0.3) is 0 Å². The lowest BCUT2D eigenvalue weighted by Gasteiger charge is -2.24. The third kappa shape index (κ3) is 4.52. The summed E-state index contributed by atoms with van der Waals surface area (Å²) in [6.45, 7) is 0.277. The largest absolute Gasteiger partial charge is 0.433 e. The van der Waals surface area contributed by atoms with Crippen molar-refractivity contribution < 1.29 is 22.8 Å². The maximum Gasteiger partial charge on any atom is 0.433 e. The zero-order valence-electron chi connectivity index (χ0n) is 11.6. The number of hydrogen-bond acceptors (Lipinski definition) is 4. The molecule has 1 aromatic rings. The fourth-order valence-electron chi connectivity index (χ4n) is 1.97. The number of nitrogens with zero attached hydrogens (tertiary/aromatic N) is 2. The fourth-order valence-corrected chi connectivity index (χ4v) is 1.97. The van der Waals surface area contributed by atoms with Crippen LogP contribution in [0.5, 0.6) is 0 Å². The summed E-state index contributed by atoms with van der Waals surface area (Å²) >= 11 is 0. The normalized spacial score (nSPS) is 14.8. The Balaban J connectivity index is 3.14. The molecule has 8 heteroatoms. The summed E-state index contributed by atoms with van der Waals surface area (Å²) in [6, 6.07) is 2.03. The van der Waals surface area contributed by atoms with E-state index in [1.54, 1.807) is 19.0 Å². The summed E-state index contributed by atoms with van der Waals surface area (Å²) in [5, 5.41) is 0. The molecule has 2 N–H and O–H groups in total. The van der Waals surface area contributed by atoms with Crippen molar-refractivity contribution in [2.45, 2.75) is 12.1 Å². The smallest absolute Gasteiger partial charge is 0.369 e. The number of alkyl halides is 3. The third-order valence-electron chi connectivity index (χ3n) is 2.98. The average Bonchev–Trinajstić information content (AvgIpc) is 2.36. The SMILES string of the molecule is CN(C)CC(c1ccc(C(F)(F)F)nc1)C(C=O)C(N)=O. The zero-order valence-corrected chi connectivity index (χ0v) is 11.6. The van der Waals surface area contributed by atoms with Gasteiger partial charge in [0.15, 0.2) is 0 Å². The first kappa shape index (κ1) is 17.1. The molecular weight excluding hydrogens is 287 g/mol. The van der Waals surface area contributed by atoms with E-state index in [9.17, 15) is 22.8 Å². The van der Waals surface area contributed by atoms with Crippen molar-refractivity contribution in [3.8, 4) is 0 Å². The number of nitrogens with two attached hydrogens (primary N) is 1. The van der Waals surface area contributed by atoms with Gasteiger partial charge in [-0.2, -0.15) is 13.2 Å². The van der Waals surface area contributed by atoms with E-state index in [0.29, 0.717) is 11.8 Å². The van der Waals surface area contributed by atoms with Crippen molar-refractivity contribution in [3.63, 3.8) is 0 Å². The second-order valence-electron chi connectivity index (χ2n) is 4.91. The van der Waals surface area contributed by atoms with Gasteiger partial charge < -0.3 is 15.4 Å². The van der Waals surface area contributed by atoms with Gasteiger partial charge in [-0.1, -0.05) is 6.07 Å². The summed E-state index contributed by atoms with van der Waals surface area (Å²) in [7, 11) is 3.43. The highest BCUT2D eigenvalue weighted by Crippen LogP contribution is 2.30. The minimum absolute atomic E-state index is 0.277. The molecule has 21 heavy (non-hydrogen) atoms. The Morgan fingerprint density at radius 2 is 2.05 bits per heavy atom. The molecule has 0 radical (unpaired) electrons. The Kier molecular flexibility index (Phi) is 5.42. The summed E-state index contributed by atoms with van der Waals surface area (Å²) in [4.78, 5) is 27.4. The van der Waals surface area contributed by atoms with Gasteiger partial charge in [0.25, 0.3) is 0 Å². The predicted octanol–water partition coefficient (Wildman–Crippen LogP) is 1.05. The second kappa shape index (κ2) is 6.66. The van der Waals surface area contributed by atoms with Gasteiger partial charge in [0.05, 0.1) is 0 Å². The van der Waals surface area contributed by atoms with Gasteiger partial charge in [-0.05, 0) is 25.7 Å². The zero-order chi connectivity index (χ0) is 16.2. The van der Waals surface area contributed by atoms with Crippen LogP contribution in [0, 0.1) is 5.92 Å². The first-order valence-electron chi connectivity index (χ1n) is 6.09. The topological polar surface area (TPSA) is 76.3 Å². The molecule has 0 fully saturated rings. The number of likely N-dealkylation sites (N-methyl/N-ethyl adjacent to an activating group) is 1. The molecule has 2 atom stereocenters. The van der Waals surface area contributed by atoms with E-state index in [4.69, 9.17) is 5.73 Å². The van der Waals surface area contributed by atoms with Crippen LogP contribution >= 0.6 is 0 Å². The predicted molar refractivity (Wildman–Crippen MR) is 69.3 cm³/mol. The van der Waals surface area contributed by atoms with Gasteiger partial charge in [-0.3, -0.25) is 9.78 Å². The lowest BCUT2D eigenvalue weighted by Crippen LogP contribution is -2.35. The summed E-state index contributed by atoms with van der Waals surface area (Å²) in [6.07, 6.45) is -3.10. The quantitative estimate of drug-likeness (QED) is 0.629. The van der Waals surface area contributed by atoms with Crippen molar-refractivity contribution in [2.75, 3.05) is 20.6 Å². The summed E-state index contributed by atoms with van der Waals surface area (Å²) < 4.78 is 37.4. The molecule has 0 aliphatic carbocycles. The number of hydrogen-bond donors (Lipinski definition) is 1. The van der Waals surface area contributed by atoms with E-state index < -0.39 is 29.6 Å². The lowest BCUT2D eigenvalue weighted by atomic mass is 9.86. The highest BCUT2D eigenvalue weighted by atomic mass is 19.4. The molecule has 2 unspecified atom stereocenters. The Bertz CT molecular complexity index is 500. The molecule has 1 rings (SSSR count). The van der Waals surface area contributed by atoms with E-state index in [1.807, 2.05) is 0 Å². The first-order valence-corrected chi connectivity index (χ1v) is 6.09. The van der Waals surface area contributed by atoms with Crippen molar-refractivity contribution in [3.05, 3.63) is 29.6 Å². The third-order valence-corrected chi connectivity index (χ3v) is 2.98. The number of pyridine rings is 1. The molecule has 0 saturated heterocycles. The van der Waals surface area contributed by atoms with Gasteiger partial charge in [0.1, 0.15) is 17.9 Å². The maximum atomic E-state index is 12.5. The highest BCUT2D eigenvalue weighted by Gasteiger charge is 2.33. The average molecular weight is 303 g/mol. The number of primary amides is 1. The number of aromatic nitrogens is 1. The lowest BCUT2D eigenvalue weighted by molar-refractivity contribution is -0.141. The monoisotopic (exact) mass is 303 g/mol. The molecular formula is C13H16F3N3O2. The molecule has 0 aliphatic heterocycles. The Morgan fingerprint density at radius 3 is 2.38 bits per heavy atom. The number of carbonyl (C=O) groups excluding carboxylic acids is 2. The van der Waals surface area contributed by atoms with Gasteiger partial charge in [0.2, 0.25) is 5.91 Å². The van der Waals surface area contributed by atoms with Crippen LogP contribution in [0.15, 0.2) is 18.3 Å². The van der Waals surface area contributed by atoms with Crippen LogP contribution in [-0.2, 0) is 15.8 Å². The molecule has 1 heterocycles. The number of amides is 1. The van der Waals surface area contributed by atoms with Gasteiger partial charge >= 0.3 is 6.18 Å². The van der Waals surface area contributed by atoms with E-state index in [2.05, 4.69) is 4.98 Å². The summed E-state index contributed by atoms with van der Waals surface area (Å²) in [5.74, 6) is -2.59. The van der Waals surface area contributed by atoms with Crippen LogP contribution in [0.4, 0.5) is 13.2 Å². The molecule has 0 bridgehead atoms. The van der Waals surface area contributed by atoms with Crippen molar-refractivity contribution in [1.82, 2.24) is 9.88 Å². The van der Waals surface area contributed by atoms with Crippen LogP contribution in [0.1, 0.15) is 17.2 Å². The molecule has 0 aliphatic rings. The summed E-state index contributed by atoms with van der Waals surface area (Å²) in [5.41, 5.74) is 4.49. The molecule has 5 nitrogen and oxygen atoms in total. The van der Waals surface area contributed by atoms with Gasteiger partial charge in [0, 0.05) is 18.7 Å². The number of halogens is 3. The van der Waals surface area contributed by atoms with Gasteiger partial charge in [-0.25, -0.2) is 0 Å². The molecule has 116 valence electrons. The van der Waals surface area contributed by atoms with Gasteiger partial charge in [-0.15, -0.1) is 0 Å². The van der Waals surface area contributed by atoms with Crippen molar-refractivity contribution in [1.29, 1.82) is 0 Å². The Morgan fingerprint density at radius 1 is 1.43 bits per heavy atom. The van der Waals surface area contributed by atoms with E-state index in [0.717, 1.165) is 12.3 Å². The van der Waals surface area contributed by atoms with Crippen LogP contribution < -0.4 is 5.73 Å². The standard InChI is InChI=1S/C13H16F3N3O2/c1-19(2)6-9(10(7-20)12(17)21)8-3-4-11(18-5-8)13(14,15)16/h3-5,7,9-10H,6H2,1-2H3,(H2,17,21). The minimum atomic E-state index is -4.54. The fraction of sp³-hybridized carbons (Fsp3) is 0.462. The molecule has 0 spiro atoms. The minimum Gasteiger partial charge on any atom is -0.369 e. The number of rotatable bonds is 6. The molecule has 0 saturated carbocycles. The first-order chi connectivity index (χ1) is 9.66. The molecule has 1 aromatic heterocycles. The van der Waals surface area contributed by atoms with Crippen molar-refractivity contribution in [2.24, 2.45) is 11.7 Å². The molecule has 1 amide bonds. The number of aldehydes is 1.